The molecule has 21 heavy (non-hydrogen) atoms. The highest BCUT2D eigenvalue weighted by molar-refractivity contribution is 5.23. The van der Waals surface area contributed by atoms with Crippen molar-refractivity contribution in [1.29, 1.82) is 0 Å². The summed E-state index contributed by atoms with van der Waals surface area (Å²) in [5, 5.41) is 7.83. The van der Waals surface area contributed by atoms with Crippen LogP contribution in [0.25, 0.3) is 0 Å². The Morgan fingerprint density at radius 2 is 1.95 bits per heavy atom. The summed E-state index contributed by atoms with van der Waals surface area (Å²) in [5.74, 6) is 1.16. The summed E-state index contributed by atoms with van der Waals surface area (Å²) < 4.78 is 1.88. The lowest BCUT2D eigenvalue weighted by Gasteiger charge is -2.32. The zero-order valence-corrected chi connectivity index (χ0v) is 13.6. The third-order valence-corrected chi connectivity index (χ3v) is 4.46. The highest BCUT2D eigenvalue weighted by Crippen LogP contribution is 2.31. The van der Waals surface area contributed by atoms with Gasteiger partial charge in [-0.1, -0.05) is 50.6 Å². The maximum Gasteiger partial charge on any atom is 0.0522 e. The van der Waals surface area contributed by atoms with Gasteiger partial charge in [0.05, 0.1) is 6.20 Å². The van der Waals surface area contributed by atoms with Gasteiger partial charge in [0.25, 0.3) is 0 Å². The van der Waals surface area contributed by atoms with E-state index in [2.05, 4.69) is 67.8 Å². The van der Waals surface area contributed by atoms with E-state index in [4.69, 9.17) is 0 Å². The SMILES string of the molecule is CCC(C)C(c1ccccc1)C(Cc1cnn(C)c1)NC. The summed E-state index contributed by atoms with van der Waals surface area (Å²) in [6.45, 7) is 4.63. The van der Waals surface area contributed by atoms with E-state index in [1.807, 2.05) is 17.9 Å². The van der Waals surface area contributed by atoms with Crippen molar-refractivity contribution in [2.24, 2.45) is 13.0 Å². The molecule has 3 unspecified atom stereocenters. The van der Waals surface area contributed by atoms with Gasteiger partial charge in [0.2, 0.25) is 0 Å². The van der Waals surface area contributed by atoms with Crippen LogP contribution < -0.4 is 5.32 Å². The lowest BCUT2D eigenvalue weighted by atomic mass is 9.78. The second-order valence-corrected chi connectivity index (χ2v) is 5.94. The van der Waals surface area contributed by atoms with Crippen molar-refractivity contribution in [3.8, 4) is 0 Å². The smallest absolute Gasteiger partial charge is 0.0522 e. The predicted octanol–water partition coefficient (Wildman–Crippen LogP) is 3.38. The van der Waals surface area contributed by atoms with Gasteiger partial charge < -0.3 is 5.32 Å². The van der Waals surface area contributed by atoms with E-state index in [-0.39, 0.29) is 0 Å². The first-order valence-electron chi connectivity index (χ1n) is 7.85. The molecule has 2 aromatic rings. The van der Waals surface area contributed by atoms with Crippen LogP contribution in [0.5, 0.6) is 0 Å². The molecule has 0 amide bonds. The average Bonchev–Trinajstić information content (AvgIpc) is 2.92. The summed E-state index contributed by atoms with van der Waals surface area (Å²) in [7, 11) is 4.04. The van der Waals surface area contributed by atoms with Crippen LogP contribution >= 0.6 is 0 Å². The lowest BCUT2D eigenvalue weighted by molar-refractivity contribution is 0.346. The van der Waals surface area contributed by atoms with Crippen LogP contribution in [-0.4, -0.2) is 22.9 Å². The molecule has 0 spiro atoms. The monoisotopic (exact) mass is 285 g/mol. The van der Waals surface area contributed by atoms with E-state index >= 15 is 0 Å². The Morgan fingerprint density at radius 1 is 1.24 bits per heavy atom. The zero-order chi connectivity index (χ0) is 15.2. The third kappa shape index (κ3) is 3.94. The molecule has 0 saturated carbocycles. The second-order valence-electron chi connectivity index (χ2n) is 5.94. The van der Waals surface area contributed by atoms with Gasteiger partial charge in [-0.3, -0.25) is 4.68 Å². The molecule has 1 heterocycles. The van der Waals surface area contributed by atoms with Gasteiger partial charge in [0.1, 0.15) is 0 Å². The van der Waals surface area contributed by atoms with Gasteiger partial charge in [-0.25, -0.2) is 0 Å². The van der Waals surface area contributed by atoms with E-state index in [0.29, 0.717) is 17.9 Å². The Bertz CT molecular complexity index is 532. The van der Waals surface area contributed by atoms with Gasteiger partial charge in [-0.2, -0.15) is 5.10 Å². The molecule has 0 aliphatic heterocycles. The molecule has 3 heteroatoms. The van der Waals surface area contributed by atoms with Crippen LogP contribution in [-0.2, 0) is 13.5 Å². The van der Waals surface area contributed by atoms with Crippen molar-refractivity contribution >= 4 is 0 Å². The van der Waals surface area contributed by atoms with Crippen LogP contribution in [0.4, 0.5) is 0 Å². The Labute approximate surface area is 128 Å². The molecule has 1 aromatic carbocycles. The first-order valence-corrected chi connectivity index (χ1v) is 7.85. The summed E-state index contributed by atoms with van der Waals surface area (Å²) in [6.07, 6.45) is 6.28. The number of aryl methyl sites for hydroxylation is 1. The van der Waals surface area contributed by atoms with E-state index < -0.39 is 0 Å². The molecule has 114 valence electrons. The number of aromatic nitrogens is 2. The van der Waals surface area contributed by atoms with Gasteiger partial charge in [-0.05, 0) is 30.5 Å². The molecule has 0 aliphatic carbocycles. The summed E-state index contributed by atoms with van der Waals surface area (Å²) in [6, 6.07) is 11.3. The Balaban J connectivity index is 2.24. The zero-order valence-electron chi connectivity index (χ0n) is 13.6. The summed E-state index contributed by atoms with van der Waals surface area (Å²) >= 11 is 0. The largest absolute Gasteiger partial charge is 0.316 e. The highest BCUT2D eigenvalue weighted by atomic mass is 15.2. The molecule has 1 aromatic heterocycles. The Morgan fingerprint density at radius 3 is 2.48 bits per heavy atom. The normalized spacial score (nSPS) is 15.6. The molecule has 1 N–H and O–H groups in total. The maximum absolute atomic E-state index is 4.29. The van der Waals surface area contributed by atoms with Crippen LogP contribution in [0.2, 0.25) is 0 Å². The Hall–Kier alpha value is -1.61. The van der Waals surface area contributed by atoms with Crippen LogP contribution in [0.15, 0.2) is 42.7 Å². The molecular formula is C18H27N3. The molecule has 0 saturated heterocycles. The molecule has 0 fully saturated rings. The molecule has 0 radical (unpaired) electrons. The Kier molecular flexibility index (Phi) is 5.57. The maximum atomic E-state index is 4.29. The highest BCUT2D eigenvalue weighted by Gasteiger charge is 2.26. The van der Waals surface area contributed by atoms with Gasteiger partial charge in [0, 0.05) is 25.2 Å². The van der Waals surface area contributed by atoms with Crippen LogP contribution in [0, 0.1) is 5.92 Å². The second kappa shape index (κ2) is 7.41. The van der Waals surface area contributed by atoms with Crippen molar-refractivity contribution in [2.45, 2.75) is 38.6 Å². The standard InChI is InChI=1S/C18H27N3/c1-5-14(2)18(16-9-7-6-8-10-16)17(19-3)11-15-12-20-21(4)13-15/h6-10,12-14,17-19H,5,11H2,1-4H3. The van der Waals surface area contributed by atoms with Gasteiger partial charge in [-0.15, -0.1) is 0 Å². The van der Waals surface area contributed by atoms with Gasteiger partial charge >= 0.3 is 0 Å². The number of hydrogen-bond acceptors (Lipinski definition) is 2. The van der Waals surface area contributed by atoms with Crippen molar-refractivity contribution in [3.05, 3.63) is 53.9 Å². The van der Waals surface area contributed by atoms with E-state index in [0.717, 1.165) is 6.42 Å². The molecule has 0 aliphatic rings. The first kappa shape index (κ1) is 15.8. The minimum atomic E-state index is 0.423. The van der Waals surface area contributed by atoms with Crippen LogP contribution in [0.1, 0.15) is 37.3 Å². The summed E-state index contributed by atoms with van der Waals surface area (Å²) in [4.78, 5) is 0. The average molecular weight is 285 g/mol. The molecule has 3 nitrogen and oxygen atoms in total. The number of nitrogens with one attached hydrogen (secondary N) is 1. The van der Waals surface area contributed by atoms with Crippen molar-refractivity contribution < 1.29 is 0 Å². The fourth-order valence-electron chi connectivity index (χ4n) is 3.13. The van der Waals surface area contributed by atoms with Crippen molar-refractivity contribution in [2.75, 3.05) is 7.05 Å². The fourth-order valence-corrected chi connectivity index (χ4v) is 3.13. The number of hydrogen-bond donors (Lipinski definition) is 1. The predicted molar refractivity (Wildman–Crippen MR) is 88.4 cm³/mol. The first-order chi connectivity index (χ1) is 10.2. The summed E-state index contributed by atoms with van der Waals surface area (Å²) in [5.41, 5.74) is 2.72. The third-order valence-electron chi connectivity index (χ3n) is 4.46. The van der Waals surface area contributed by atoms with Crippen LogP contribution in [0.3, 0.4) is 0 Å². The quantitative estimate of drug-likeness (QED) is 0.845. The lowest BCUT2D eigenvalue weighted by Crippen LogP contribution is -2.37. The number of likely N-dealkylation sites (N-methyl/N-ethyl adjacent to an activating group) is 1. The van der Waals surface area contributed by atoms with Crippen molar-refractivity contribution in [1.82, 2.24) is 15.1 Å². The molecule has 0 bridgehead atoms. The van der Waals surface area contributed by atoms with E-state index in [1.165, 1.54) is 17.5 Å². The molecular weight excluding hydrogens is 258 g/mol. The minimum absolute atomic E-state index is 0.423. The van der Waals surface area contributed by atoms with Crippen molar-refractivity contribution in [3.63, 3.8) is 0 Å². The van der Waals surface area contributed by atoms with E-state index in [9.17, 15) is 0 Å². The van der Waals surface area contributed by atoms with Gasteiger partial charge in [0.15, 0.2) is 0 Å². The topological polar surface area (TPSA) is 29.9 Å². The van der Waals surface area contributed by atoms with E-state index in [1.54, 1.807) is 0 Å². The fraction of sp³-hybridized carbons (Fsp3) is 0.500. The molecule has 3 atom stereocenters. The number of benzene rings is 1. The number of rotatable bonds is 7. The molecule has 2 rings (SSSR count). The minimum Gasteiger partial charge on any atom is -0.316 e. The number of nitrogens with zero attached hydrogens (tertiary/aromatic N) is 2.